The Hall–Kier alpha value is -0.540. The molecule has 0 aliphatic rings. The predicted molar refractivity (Wildman–Crippen MR) is 64.1 cm³/mol. The van der Waals surface area contributed by atoms with Crippen LogP contribution in [0.2, 0.25) is 0 Å². The number of hydrogen-bond acceptors (Lipinski definition) is 2. The van der Waals surface area contributed by atoms with Crippen LogP contribution in [0.1, 0.15) is 25.8 Å². The van der Waals surface area contributed by atoms with Crippen LogP contribution in [-0.4, -0.2) is 22.2 Å². The zero-order valence-electron chi connectivity index (χ0n) is 9.54. The second-order valence-corrected chi connectivity index (χ2v) is 4.30. The zero-order valence-corrected chi connectivity index (χ0v) is 10.3. The third-order valence-electron chi connectivity index (χ3n) is 2.43. The van der Waals surface area contributed by atoms with Crippen molar-refractivity contribution < 1.29 is 0 Å². The number of alkyl halides is 1. The molecule has 0 fully saturated rings. The fourth-order valence-electron chi connectivity index (χ4n) is 1.42. The minimum atomic E-state index is 0.642. The Bertz CT molecular complexity index is 273. The standard InChI is InChI=1S/C11H20ClN3/c1-3-15-9-11(8-14-15)7-13-6-10(2)4-5-12/h8-10,13H,3-7H2,1-2H3. The quantitative estimate of drug-likeness (QED) is 0.727. The van der Waals surface area contributed by atoms with E-state index in [4.69, 9.17) is 11.6 Å². The highest BCUT2D eigenvalue weighted by molar-refractivity contribution is 6.17. The van der Waals surface area contributed by atoms with E-state index in [1.54, 1.807) is 0 Å². The summed E-state index contributed by atoms with van der Waals surface area (Å²) in [4.78, 5) is 0. The van der Waals surface area contributed by atoms with Gasteiger partial charge in [-0.15, -0.1) is 11.6 Å². The largest absolute Gasteiger partial charge is 0.312 e. The lowest BCUT2D eigenvalue weighted by atomic mass is 10.1. The van der Waals surface area contributed by atoms with Gasteiger partial charge in [0.15, 0.2) is 0 Å². The molecule has 0 bridgehead atoms. The van der Waals surface area contributed by atoms with Gasteiger partial charge in [0.1, 0.15) is 0 Å². The van der Waals surface area contributed by atoms with Crippen molar-refractivity contribution in [1.82, 2.24) is 15.1 Å². The number of hydrogen-bond donors (Lipinski definition) is 1. The maximum atomic E-state index is 5.67. The molecule has 0 aliphatic heterocycles. The van der Waals surface area contributed by atoms with Gasteiger partial charge in [-0.1, -0.05) is 6.92 Å². The van der Waals surface area contributed by atoms with Gasteiger partial charge in [0.2, 0.25) is 0 Å². The van der Waals surface area contributed by atoms with Crippen molar-refractivity contribution in [3.8, 4) is 0 Å². The van der Waals surface area contributed by atoms with Gasteiger partial charge in [0.05, 0.1) is 6.20 Å². The summed E-state index contributed by atoms with van der Waals surface area (Å²) in [5.74, 6) is 1.39. The van der Waals surface area contributed by atoms with Gasteiger partial charge in [-0.3, -0.25) is 4.68 Å². The average Bonchev–Trinajstić information content (AvgIpc) is 2.66. The Kier molecular flexibility index (Phi) is 5.73. The molecule has 1 aromatic rings. The van der Waals surface area contributed by atoms with Gasteiger partial charge in [0.25, 0.3) is 0 Å². The van der Waals surface area contributed by atoms with Crippen molar-refractivity contribution in [2.45, 2.75) is 33.4 Å². The van der Waals surface area contributed by atoms with Crippen LogP contribution in [0.15, 0.2) is 12.4 Å². The van der Waals surface area contributed by atoms with E-state index in [1.807, 2.05) is 10.9 Å². The Balaban J connectivity index is 2.19. The third kappa shape index (κ3) is 4.67. The van der Waals surface area contributed by atoms with E-state index in [9.17, 15) is 0 Å². The predicted octanol–water partition coefficient (Wildman–Crippen LogP) is 2.26. The summed E-state index contributed by atoms with van der Waals surface area (Å²) >= 11 is 5.67. The van der Waals surface area contributed by atoms with Gasteiger partial charge in [-0.25, -0.2) is 0 Å². The van der Waals surface area contributed by atoms with Crippen molar-refractivity contribution in [2.75, 3.05) is 12.4 Å². The van der Waals surface area contributed by atoms with E-state index >= 15 is 0 Å². The van der Waals surface area contributed by atoms with E-state index in [0.29, 0.717) is 5.92 Å². The van der Waals surface area contributed by atoms with E-state index in [2.05, 4.69) is 30.5 Å². The zero-order chi connectivity index (χ0) is 11.1. The second-order valence-electron chi connectivity index (χ2n) is 3.92. The Morgan fingerprint density at radius 1 is 1.60 bits per heavy atom. The van der Waals surface area contributed by atoms with E-state index in [1.165, 1.54) is 5.56 Å². The fourth-order valence-corrected chi connectivity index (χ4v) is 1.79. The van der Waals surface area contributed by atoms with Gasteiger partial charge in [-0.05, 0) is 25.8 Å². The highest BCUT2D eigenvalue weighted by Crippen LogP contribution is 2.02. The molecule has 0 radical (unpaired) electrons. The van der Waals surface area contributed by atoms with Crippen LogP contribution in [0.5, 0.6) is 0 Å². The van der Waals surface area contributed by atoms with Gasteiger partial charge in [-0.2, -0.15) is 5.10 Å². The molecule has 3 nitrogen and oxygen atoms in total. The molecule has 0 aliphatic carbocycles. The molecule has 0 spiro atoms. The highest BCUT2D eigenvalue weighted by Gasteiger charge is 2.01. The molecule has 1 heterocycles. The Morgan fingerprint density at radius 2 is 2.40 bits per heavy atom. The second kappa shape index (κ2) is 6.85. The molecule has 1 aromatic heterocycles. The lowest BCUT2D eigenvalue weighted by Gasteiger charge is -2.09. The van der Waals surface area contributed by atoms with Crippen LogP contribution in [0.4, 0.5) is 0 Å². The normalized spacial score (nSPS) is 13.0. The molecule has 1 N–H and O–H groups in total. The lowest BCUT2D eigenvalue weighted by Crippen LogP contribution is -2.20. The Labute approximate surface area is 96.8 Å². The number of halogens is 1. The molecule has 15 heavy (non-hydrogen) atoms. The number of aryl methyl sites for hydroxylation is 1. The number of aromatic nitrogens is 2. The molecule has 0 saturated heterocycles. The molecule has 0 saturated carbocycles. The maximum Gasteiger partial charge on any atom is 0.0534 e. The maximum absolute atomic E-state index is 5.67. The molecular weight excluding hydrogens is 210 g/mol. The molecular formula is C11H20ClN3. The van der Waals surface area contributed by atoms with Crippen LogP contribution in [-0.2, 0) is 13.1 Å². The summed E-state index contributed by atoms with van der Waals surface area (Å²) in [5, 5.41) is 7.64. The van der Waals surface area contributed by atoms with E-state index < -0.39 is 0 Å². The van der Waals surface area contributed by atoms with Gasteiger partial charge in [0, 0.05) is 30.7 Å². The highest BCUT2D eigenvalue weighted by atomic mass is 35.5. The van der Waals surface area contributed by atoms with Gasteiger partial charge >= 0.3 is 0 Å². The summed E-state index contributed by atoms with van der Waals surface area (Å²) in [7, 11) is 0. The molecule has 1 rings (SSSR count). The summed E-state index contributed by atoms with van der Waals surface area (Å²) in [6, 6.07) is 0. The molecule has 0 amide bonds. The number of nitrogens with one attached hydrogen (secondary N) is 1. The fraction of sp³-hybridized carbons (Fsp3) is 0.727. The average molecular weight is 230 g/mol. The molecule has 4 heteroatoms. The Morgan fingerprint density at radius 3 is 3.00 bits per heavy atom. The number of nitrogens with zero attached hydrogens (tertiary/aromatic N) is 2. The molecule has 86 valence electrons. The first-order valence-electron chi connectivity index (χ1n) is 5.54. The van der Waals surface area contributed by atoms with Crippen LogP contribution >= 0.6 is 11.6 Å². The summed E-state index contributed by atoms with van der Waals surface area (Å²) in [6.07, 6.45) is 5.07. The monoisotopic (exact) mass is 229 g/mol. The third-order valence-corrected chi connectivity index (χ3v) is 2.65. The van der Waals surface area contributed by atoms with E-state index in [0.717, 1.165) is 31.9 Å². The summed E-state index contributed by atoms with van der Waals surface area (Å²) in [6.45, 7) is 7.15. The van der Waals surface area contributed by atoms with Crippen molar-refractivity contribution in [3.05, 3.63) is 18.0 Å². The molecule has 0 aromatic carbocycles. The van der Waals surface area contributed by atoms with Gasteiger partial charge < -0.3 is 5.32 Å². The first-order valence-corrected chi connectivity index (χ1v) is 6.07. The smallest absolute Gasteiger partial charge is 0.0534 e. The van der Waals surface area contributed by atoms with Crippen LogP contribution in [0.3, 0.4) is 0 Å². The SMILES string of the molecule is CCn1cc(CNCC(C)CCCl)cn1. The van der Waals surface area contributed by atoms with E-state index in [-0.39, 0.29) is 0 Å². The summed E-state index contributed by atoms with van der Waals surface area (Å²) in [5.41, 5.74) is 1.25. The van der Waals surface area contributed by atoms with Crippen LogP contribution in [0.25, 0.3) is 0 Å². The number of rotatable bonds is 7. The summed E-state index contributed by atoms with van der Waals surface area (Å²) < 4.78 is 1.94. The van der Waals surface area contributed by atoms with Crippen molar-refractivity contribution >= 4 is 11.6 Å². The molecule has 1 atom stereocenters. The molecule has 1 unspecified atom stereocenters. The van der Waals surface area contributed by atoms with Crippen LogP contribution in [0, 0.1) is 5.92 Å². The minimum absolute atomic E-state index is 0.642. The first-order chi connectivity index (χ1) is 7.26. The topological polar surface area (TPSA) is 29.9 Å². The van der Waals surface area contributed by atoms with Crippen LogP contribution < -0.4 is 5.32 Å². The van der Waals surface area contributed by atoms with Crippen molar-refractivity contribution in [2.24, 2.45) is 5.92 Å². The van der Waals surface area contributed by atoms with Crippen molar-refractivity contribution in [3.63, 3.8) is 0 Å². The lowest BCUT2D eigenvalue weighted by molar-refractivity contribution is 0.502. The van der Waals surface area contributed by atoms with Crippen molar-refractivity contribution in [1.29, 1.82) is 0 Å². The first kappa shape index (κ1) is 12.5. The minimum Gasteiger partial charge on any atom is -0.312 e.